The normalized spacial score (nSPS) is 22.9. The number of amides is 3. The number of urea groups is 1. The Morgan fingerprint density at radius 3 is 2.43 bits per heavy atom. The number of hydrogen-bond acceptors (Lipinski definition) is 3. The van der Waals surface area contributed by atoms with Crippen molar-refractivity contribution in [1.29, 1.82) is 0 Å². The standard InChI is InChI=1S/C9H16N2O3/c1-4-5-9(2,3)11-7(13)6(12)10-8(11)14/h6,12H,4-5H2,1-3H3,(H,10,14). The van der Waals surface area contributed by atoms with E-state index in [1.54, 1.807) is 0 Å². The number of rotatable bonds is 3. The zero-order valence-corrected chi connectivity index (χ0v) is 8.70. The van der Waals surface area contributed by atoms with Crippen molar-refractivity contribution in [2.45, 2.75) is 45.4 Å². The van der Waals surface area contributed by atoms with E-state index in [4.69, 9.17) is 5.11 Å². The zero-order valence-electron chi connectivity index (χ0n) is 8.70. The third-order valence-electron chi connectivity index (χ3n) is 2.38. The fourth-order valence-electron chi connectivity index (χ4n) is 1.76. The highest BCUT2D eigenvalue weighted by atomic mass is 16.3. The molecule has 1 rings (SSSR count). The topological polar surface area (TPSA) is 69.6 Å². The van der Waals surface area contributed by atoms with Gasteiger partial charge in [-0.05, 0) is 20.3 Å². The third kappa shape index (κ3) is 1.72. The maximum absolute atomic E-state index is 11.4. The first-order valence-corrected chi connectivity index (χ1v) is 4.73. The molecule has 0 bridgehead atoms. The van der Waals surface area contributed by atoms with Crippen molar-refractivity contribution in [2.75, 3.05) is 0 Å². The maximum Gasteiger partial charge on any atom is 0.327 e. The van der Waals surface area contributed by atoms with Crippen molar-refractivity contribution in [2.24, 2.45) is 0 Å². The van der Waals surface area contributed by atoms with Crippen molar-refractivity contribution in [1.82, 2.24) is 10.2 Å². The van der Waals surface area contributed by atoms with Crippen LogP contribution in [-0.2, 0) is 4.79 Å². The van der Waals surface area contributed by atoms with Crippen LogP contribution in [0.4, 0.5) is 4.79 Å². The van der Waals surface area contributed by atoms with Crippen LogP contribution >= 0.6 is 0 Å². The molecule has 0 aromatic heterocycles. The summed E-state index contributed by atoms with van der Waals surface area (Å²) in [5.41, 5.74) is -0.534. The molecule has 1 atom stereocenters. The van der Waals surface area contributed by atoms with Gasteiger partial charge in [0.25, 0.3) is 5.91 Å². The highest BCUT2D eigenvalue weighted by Crippen LogP contribution is 2.24. The fourth-order valence-corrected chi connectivity index (χ4v) is 1.76. The highest BCUT2D eigenvalue weighted by molar-refractivity contribution is 6.03. The van der Waals surface area contributed by atoms with Gasteiger partial charge in [0.2, 0.25) is 6.23 Å². The quantitative estimate of drug-likeness (QED) is 0.649. The van der Waals surface area contributed by atoms with Gasteiger partial charge >= 0.3 is 6.03 Å². The minimum absolute atomic E-state index is 0.513. The van der Waals surface area contributed by atoms with Gasteiger partial charge in [-0.15, -0.1) is 0 Å². The molecular weight excluding hydrogens is 184 g/mol. The van der Waals surface area contributed by atoms with E-state index in [-0.39, 0.29) is 0 Å². The third-order valence-corrected chi connectivity index (χ3v) is 2.38. The summed E-state index contributed by atoms with van der Waals surface area (Å²) in [5.74, 6) is -0.562. The number of imide groups is 1. The minimum atomic E-state index is -1.38. The average molecular weight is 200 g/mol. The molecule has 0 aromatic rings. The number of carbonyl (C=O) groups excluding carboxylic acids is 2. The van der Waals surface area contributed by atoms with Gasteiger partial charge in [-0.25, -0.2) is 4.79 Å². The Morgan fingerprint density at radius 2 is 2.07 bits per heavy atom. The van der Waals surface area contributed by atoms with Crippen LogP contribution in [0.5, 0.6) is 0 Å². The van der Waals surface area contributed by atoms with Gasteiger partial charge in [0, 0.05) is 5.54 Å². The molecule has 2 N–H and O–H groups in total. The zero-order chi connectivity index (χ0) is 10.9. The average Bonchev–Trinajstić information content (AvgIpc) is 2.26. The second-order valence-corrected chi connectivity index (χ2v) is 4.09. The molecule has 0 spiro atoms. The van der Waals surface area contributed by atoms with Crippen LogP contribution in [0.2, 0.25) is 0 Å². The Kier molecular flexibility index (Phi) is 2.80. The van der Waals surface area contributed by atoms with Crippen molar-refractivity contribution in [3.63, 3.8) is 0 Å². The van der Waals surface area contributed by atoms with Gasteiger partial charge in [-0.3, -0.25) is 9.69 Å². The van der Waals surface area contributed by atoms with Crippen molar-refractivity contribution in [3.8, 4) is 0 Å². The van der Waals surface area contributed by atoms with Crippen LogP contribution in [0.3, 0.4) is 0 Å². The molecule has 1 unspecified atom stereocenters. The summed E-state index contributed by atoms with van der Waals surface area (Å²) in [5, 5.41) is 11.3. The SMILES string of the molecule is CCCC(C)(C)N1C(=O)NC(O)C1=O. The maximum atomic E-state index is 11.4. The predicted octanol–water partition coefficient (Wildman–Crippen LogP) is 0.435. The van der Waals surface area contributed by atoms with Crippen molar-refractivity contribution >= 4 is 11.9 Å². The van der Waals surface area contributed by atoms with Gasteiger partial charge in [0.1, 0.15) is 0 Å². The van der Waals surface area contributed by atoms with E-state index < -0.39 is 23.7 Å². The van der Waals surface area contributed by atoms with E-state index in [1.807, 2.05) is 20.8 Å². The molecule has 1 fully saturated rings. The molecule has 5 nitrogen and oxygen atoms in total. The van der Waals surface area contributed by atoms with Gasteiger partial charge in [-0.2, -0.15) is 0 Å². The lowest BCUT2D eigenvalue weighted by Gasteiger charge is -2.32. The van der Waals surface area contributed by atoms with Crippen LogP contribution in [0.1, 0.15) is 33.6 Å². The van der Waals surface area contributed by atoms with Crippen LogP contribution in [0.25, 0.3) is 0 Å². The largest absolute Gasteiger partial charge is 0.365 e. The van der Waals surface area contributed by atoms with E-state index >= 15 is 0 Å². The lowest BCUT2D eigenvalue weighted by molar-refractivity contribution is -0.137. The van der Waals surface area contributed by atoms with Crippen molar-refractivity contribution in [3.05, 3.63) is 0 Å². The summed E-state index contributed by atoms with van der Waals surface area (Å²) >= 11 is 0. The van der Waals surface area contributed by atoms with Crippen LogP contribution in [0, 0.1) is 0 Å². The minimum Gasteiger partial charge on any atom is -0.365 e. The second kappa shape index (κ2) is 3.57. The van der Waals surface area contributed by atoms with E-state index in [1.165, 1.54) is 0 Å². The molecule has 1 aliphatic heterocycles. The molecule has 1 heterocycles. The number of hydrogen-bond donors (Lipinski definition) is 2. The molecule has 0 saturated carbocycles. The summed E-state index contributed by atoms with van der Waals surface area (Å²) in [6.07, 6.45) is 0.220. The molecule has 1 aliphatic rings. The molecule has 0 aromatic carbocycles. The number of aliphatic hydroxyl groups excluding tert-OH is 1. The molecule has 0 aliphatic carbocycles. The number of nitrogens with one attached hydrogen (secondary N) is 1. The predicted molar refractivity (Wildman–Crippen MR) is 50.4 cm³/mol. The van der Waals surface area contributed by atoms with E-state index in [9.17, 15) is 9.59 Å². The van der Waals surface area contributed by atoms with E-state index in [0.717, 1.165) is 17.7 Å². The van der Waals surface area contributed by atoms with Gasteiger partial charge in [-0.1, -0.05) is 13.3 Å². The molecular formula is C9H16N2O3. The van der Waals surface area contributed by atoms with Crippen LogP contribution < -0.4 is 5.32 Å². The monoisotopic (exact) mass is 200 g/mol. The number of aliphatic hydroxyl groups is 1. The molecule has 0 radical (unpaired) electrons. The Bertz CT molecular complexity index is 263. The highest BCUT2D eigenvalue weighted by Gasteiger charge is 2.44. The molecule has 80 valence electrons. The lowest BCUT2D eigenvalue weighted by atomic mass is 9.97. The summed E-state index contributed by atoms with van der Waals surface area (Å²) < 4.78 is 0. The molecule has 1 saturated heterocycles. The molecule has 14 heavy (non-hydrogen) atoms. The first kappa shape index (κ1) is 11.0. The first-order chi connectivity index (χ1) is 6.40. The smallest absolute Gasteiger partial charge is 0.327 e. The summed E-state index contributed by atoms with van der Waals surface area (Å²) in [7, 11) is 0. The van der Waals surface area contributed by atoms with E-state index in [2.05, 4.69) is 5.32 Å². The first-order valence-electron chi connectivity index (χ1n) is 4.73. The number of nitrogens with zero attached hydrogens (tertiary/aromatic N) is 1. The Labute approximate surface area is 83.1 Å². The fraction of sp³-hybridized carbons (Fsp3) is 0.778. The van der Waals surface area contributed by atoms with Gasteiger partial charge in [0.05, 0.1) is 0 Å². The van der Waals surface area contributed by atoms with Crippen LogP contribution in [0.15, 0.2) is 0 Å². The Hall–Kier alpha value is -1.10. The summed E-state index contributed by atoms with van der Waals surface area (Å²) in [6, 6.07) is -0.513. The van der Waals surface area contributed by atoms with Crippen molar-refractivity contribution < 1.29 is 14.7 Å². The molecule has 5 heteroatoms. The summed E-state index contributed by atoms with van der Waals surface area (Å²) in [6.45, 7) is 5.61. The van der Waals surface area contributed by atoms with E-state index in [0.29, 0.717) is 0 Å². The second-order valence-electron chi connectivity index (χ2n) is 4.09. The van der Waals surface area contributed by atoms with Gasteiger partial charge in [0.15, 0.2) is 0 Å². The number of carbonyl (C=O) groups is 2. The van der Waals surface area contributed by atoms with Crippen LogP contribution in [-0.4, -0.2) is 33.7 Å². The molecule has 3 amide bonds. The summed E-state index contributed by atoms with van der Waals surface area (Å²) in [4.78, 5) is 23.9. The Balaban J connectivity index is 2.86. The van der Waals surface area contributed by atoms with Gasteiger partial charge < -0.3 is 10.4 Å². The lowest BCUT2D eigenvalue weighted by Crippen LogP contribution is -2.48. The Morgan fingerprint density at radius 1 is 1.50 bits per heavy atom.